The predicted molar refractivity (Wildman–Crippen MR) is 147 cm³/mol. The summed E-state index contributed by atoms with van der Waals surface area (Å²) in [5.41, 5.74) is 0.467. The Hall–Kier alpha value is -2.14. The van der Waals surface area contributed by atoms with Crippen LogP contribution in [0, 0.1) is 5.92 Å². The molecule has 2 fully saturated rings. The summed E-state index contributed by atoms with van der Waals surface area (Å²) in [6.45, 7) is 5.94. The average molecular weight is 599 g/mol. The second-order valence-electron chi connectivity index (χ2n) is 11.8. The highest BCUT2D eigenvalue weighted by Crippen LogP contribution is 2.47. The van der Waals surface area contributed by atoms with Crippen molar-refractivity contribution in [3.63, 3.8) is 0 Å². The molecule has 0 saturated carbocycles. The van der Waals surface area contributed by atoms with Crippen LogP contribution >= 0.6 is 0 Å². The number of rotatable bonds is 8. The van der Waals surface area contributed by atoms with Crippen LogP contribution in [0.3, 0.4) is 0 Å². The molecule has 0 radical (unpaired) electrons. The number of benzene rings is 1. The molecule has 0 bridgehead atoms. The fourth-order valence-corrected chi connectivity index (χ4v) is 8.02. The van der Waals surface area contributed by atoms with Crippen LogP contribution < -0.4 is 10.1 Å². The lowest BCUT2D eigenvalue weighted by atomic mass is 9.86. The number of nitrogens with zero attached hydrogens (tertiary/aromatic N) is 1. The van der Waals surface area contributed by atoms with Crippen LogP contribution in [-0.2, 0) is 19.1 Å². The van der Waals surface area contributed by atoms with E-state index < -0.39 is 62.7 Å². The molecule has 41 heavy (non-hydrogen) atoms. The monoisotopic (exact) mass is 598 g/mol. The molecular formula is C27H42N2O11Si. The van der Waals surface area contributed by atoms with Gasteiger partial charge >= 0.3 is 0 Å². The van der Waals surface area contributed by atoms with Crippen LogP contribution in [0.5, 0.6) is 5.75 Å². The molecule has 7 N–H and O–H groups in total. The minimum absolute atomic E-state index is 0.0806. The number of hydrogen-bond acceptors (Lipinski definition) is 11. The molecule has 1 unspecified atom stereocenters. The van der Waals surface area contributed by atoms with Gasteiger partial charge < -0.3 is 54.8 Å². The molecule has 14 heteroatoms. The Bertz CT molecular complexity index is 1100. The summed E-state index contributed by atoms with van der Waals surface area (Å²) in [5, 5.41) is 51.8. The lowest BCUT2D eigenvalue weighted by Gasteiger charge is -2.44. The number of aliphatic hydroxyl groups excluding tert-OH is 5. The number of nitrogens with one attached hydrogen (secondary N) is 1. The molecule has 3 heterocycles. The van der Waals surface area contributed by atoms with Crippen LogP contribution in [0.25, 0.3) is 0 Å². The van der Waals surface area contributed by atoms with Gasteiger partial charge in [0.2, 0.25) is 5.91 Å². The molecule has 1 aromatic rings. The zero-order valence-corrected chi connectivity index (χ0v) is 24.7. The number of methoxy groups -OCH3 is 1. The number of ether oxygens (including phenoxy) is 3. The van der Waals surface area contributed by atoms with Crippen LogP contribution in [0.2, 0.25) is 18.6 Å². The number of hydrogen-bond donors (Lipinski definition) is 7. The molecular weight excluding hydrogens is 556 g/mol. The maximum atomic E-state index is 13.3. The number of fused-ring (bicyclic) bond motifs is 1. The van der Waals surface area contributed by atoms with Crippen molar-refractivity contribution in [2.45, 2.75) is 93.8 Å². The summed E-state index contributed by atoms with van der Waals surface area (Å²) in [4.78, 5) is 39.1. The quantitative estimate of drug-likeness (QED) is 0.190. The molecule has 13 nitrogen and oxygen atoms in total. The van der Waals surface area contributed by atoms with Gasteiger partial charge in [0.05, 0.1) is 18.8 Å². The van der Waals surface area contributed by atoms with Crippen LogP contribution in [-0.4, -0.2) is 118 Å². The fraction of sp³-hybridized carbons (Fsp3) is 0.704. The van der Waals surface area contributed by atoms with Crippen LogP contribution in [0.4, 0.5) is 5.69 Å². The van der Waals surface area contributed by atoms with Crippen molar-refractivity contribution in [1.82, 2.24) is 4.90 Å². The van der Waals surface area contributed by atoms with E-state index in [1.165, 1.54) is 7.11 Å². The van der Waals surface area contributed by atoms with Crippen LogP contribution in [0.15, 0.2) is 18.2 Å². The molecule has 230 valence electrons. The van der Waals surface area contributed by atoms with E-state index in [2.05, 4.69) is 5.32 Å². The molecule has 1 aromatic carbocycles. The Morgan fingerprint density at radius 1 is 1.17 bits per heavy atom. The SMILES string of the molecule is CO[C@@H]1c2cc(NC(=O)[C@H]3O[C@@H](O)[C@H](O)[C@@H](O)[C@@H]3O)ccc2O[C@H](C(CC(=O)N2CCC[C@H]2CO)[Si](C)(C)O)[C@H]1C. The molecule has 2 amide bonds. The Kier molecular flexibility index (Phi) is 9.78. The molecule has 0 aromatic heterocycles. The highest BCUT2D eigenvalue weighted by molar-refractivity contribution is 6.71. The number of amides is 2. The van der Waals surface area contributed by atoms with E-state index in [0.29, 0.717) is 23.5 Å². The number of anilines is 1. The summed E-state index contributed by atoms with van der Waals surface area (Å²) in [6.07, 6.45) is -8.19. The van der Waals surface area contributed by atoms with Gasteiger partial charge in [-0.3, -0.25) is 9.59 Å². The largest absolute Gasteiger partial charge is 0.490 e. The predicted octanol–water partition coefficient (Wildman–Crippen LogP) is -0.549. The summed E-state index contributed by atoms with van der Waals surface area (Å²) in [7, 11) is -1.41. The van der Waals surface area contributed by atoms with Crippen molar-refractivity contribution >= 4 is 25.8 Å². The Balaban J connectivity index is 1.54. The first-order valence-corrected chi connectivity index (χ1v) is 17.0. The zero-order chi connectivity index (χ0) is 30.2. The maximum Gasteiger partial charge on any atom is 0.256 e. The standard InChI is InChI=1S/C27H42N2O11Si/c1-13-23(38-2)16-10-14(28-26(35)25-21(33)20(32)22(34)27(36)40-25)7-8-17(16)39-24(13)18(41(3,4)37)11-19(31)29-9-5-6-15(29)12-30/h7-8,10,13,15,18,20-25,27,30,32-34,36-37H,5-6,9,11-12H2,1-4H3,(H,28,35)/t13-,15-,18?,20-,21-,22+,23-,24-,25-,27+/m0/s1. The highest BCUT2D eigenvalue weighted by Gasteiger charge is 2.49. The molecule has 0 aliphatic carbocycles. The smallest absolute Gasteiger partial charge is 0.256 e. The molecule has 4 rings (SSSR count). The minimum atomic E-state index is -2.94. The van der Waals surface area contributed by atoms with Crippen molar-refractivity contribution in [2.75, 3.05) is 25.6 Å². The van der Waals surface area contributed by atoms with Gasteiger partial charge in [-0.25, -0.2) is 0 Å². The van der Waals surface area contributed by atoms with E-state index in [1.807, 2.05) is 6.92 Å². The average Bonchev–Trinajstić information content (AvgIpc) is 3.41. The van der Waals surface area contributed by atoms with Crippen molar-refractivity contribution in [3.8, 4) is 5.75 Å². The summed E-state index contributed by atoms with van der Waals surface area (Å²) >= 11 is 0. The van der Waals surface area contributed by atoms with Gasteiger partial charge in [-0.15, -0.1) is 0 Å². The van der Waals surface area contributed by atoms with E-state index in [9.17, 15) is 39.9 Å². The number of carbonyl (C=O) groups is 2. The van der Waals surface area contributed by atoms with Gasteiger partial charge in [-0.1, -0.05) is 6.92 Å². The first kappa shape index (κ1) is 31.8. The van der Waals surface area contributed by atoms with E-state index >= 15 is 0 Å². The third-order valence-electron chi connectivity index (χ3n) is 8.55. The van der Waals surface area contributed by atoms with E-state index in [-0.39, 0.29) is 30.9 Å². The van der Waals surface area contributed by atoms with Crippen molar-refractivity contribution in [3.05, 3.63) is 23.8 Å². The molecule has 10 atom stereocenters. The Morgan fingerprint density at radius 3 is 2.51 bits per heavy atom. The van der Waals surface area contributed by atoms with E-state index in [1.54, 1.807) is 36.2 Å². The topological polar surface area (TPSA) is 198 Å². The first-order valence-electron chi connectivity index (χ1n) is 13.9. The summed E-state index contributed by atoms with van der Waals surface area (Å²) in [6, 6.07) is 4.62. The Labute approximate surface area is 239 Å². The van der Waals surface area contributed by atoms with Gasteiger partial charge in [0.1, 0.15) is 30.2 Å². The third-order valence-corrected chi connectivity index (χ3v) is 10.9. The molecule has 0 spiro atoms. The molecule has 3 aliphatic heterocycles. The minimum Gasteiger partial charge on any atom is -0.490 e. The first-order chi connectivity index (χ1) is 19.3. The van der Waals surface area contributed by atoms with Gasteiger partial charge in [0.15, 0.2) is 20.7 Å². The molecule has 2 saturated heterocycles. The number of carbonyl (C=O) groups excluding carboxylic acids is 2. The summed E-state index contributed by atoms with van der Waals surface area (Å²) in [5.74, 6) is -0.790. The maximum absolute atomic E-state index is 13.3. The van der Waals surface area contributed by atoms with Crippen molar-refractivity contribution < 1.29 is 54.1 Å². The molecule has 3 aliphatic rings. The van der Waals surface area contributed by atoms with E-state index in [4.69, 9.17) is 14.2 Å². The third kappa shape index (κ3) is 6.45. The van der Waals surface area contributed by atoms with Crippen molar-refractivity contribution in [2.24, 2.45) is 5.92 Å². The van der Waals surface area contributed by atoms with Gasteiger partial charge in [0, 0.05) is 42.8 Å². The summed E-state index contributed by atoms with van der Waals surface area (Å²) < 4.78 is 17.3. The van der Waals surface area contributed by atoms with Gasteiger partial charge in [0.25, 0.3) is 5.91 Å². The second-order valence-corrected chi connectivity index (χ2v) is 15.8. The second kappa shape index (κ2) is 12.6. The normalized spacial score (nSPS) is 34.5. The fourth-order valence-electron chi connectivity index (χ4n) is 6.17. The zero-order valence-electron chi connectivity index (χ0n) is 23.7. The van der Waals surface area contributed by atoms with Gasteiger partial charge in [-0.05, 0) is 44.1 Å². The lowest BCUT2D eigenvalue weighted by molar-refractivity contribution is -0.274. The Morgan fingerprint density at radius 2 is 1.88 bits per heavy atom. The lowest BCUT2D eigenvalue weighted by Crippen LogP contribution is -2.60. The highest BCUT2D eigenvalue weighted by atomic mass is 28.4. The van der Waals surface area contributed by atoms with Crippen molar-refractivity contribution in [1.29, 1.82) is 0 Å². The number of likely N-dealkylation sites (tertiary alicyclic amines) is 1. The van der Waals surface area contributed by atoms with E-state index in [0.717, 1.165) is 12.8 Å². The van der Waals surface area contributed by atoms with Gasteiger partial charge in [-0.2, -0.15) is 0 Å². The number of aliphatic hydroxyl groups is 5. The van der Waals surface area contributed by atoms with Crippen LogP contribution in [0.1, 0.15) is 37.9 Å².